The molecule has 2 saturated heterocycles. The van der Waals surface area contributed by atoms with Gasteiger partial charge in [-0.15, -0.1) is 0 Å². The molecule has 13 heteroatoms. The Balaban J connectivity index is 1.41. The molecular weight excluding hydrogens is 573 g/mol. The van der Waals surface area contributed by atoms with Crippen molar-refractivity contribution in [2.24, 2.45) is 0 Å². The lowest BCUT2D eigenvalue weighted by atomic mass is 10.0. The topological polar surface area (TPSA) is 74.3 Å². The second kappa shape index (κ2) is 11.9. The Morgan fingerprint density at radius 1 is 1.05 bits per heavy atom. The fourth-order valence-corrected chi connectivity index (χ4v) is 6.04. The third-order valence-electron chi connectivity index (χ3n) is 7.95. The zero-order valence-corrected chi connectivity index (χ0v) is 25.3. The molecule has 0 spiro atoms. The van der Waals surface area contributed by atoms with Crippen LogP contribution in [0.25, 0.3) is 0 Å². The standard InChI is InChI=1S/C29H38ClF3N6O3/c1-28(2,3)42-27(40)38-15-13-37(14-16-38)25-20-10-12-39(23-9-5-8-21(30)24(23)29(31,32)33)17-22(20)34-26(35-25)41-18-19-7-6-11-36(19)4/h5,8-9,19H,6-7,10-18H2,1-4H3/t19-/m0/s1. The van der Waals surface area contributed by atoms with Crippen LogP contribution in [-0.2, 0) is 23.9 Å². The van der Waals surface area contributed by atoms with E-state index in [1.165, 1.54) is 18.2 Å². The summed E-state index contributed by atoms with van der Waals surface area (Å²) in [4.78, 5) is 29.8. The minimum atomic E-state index is -4.60. The Morgan fingerprint density at radius 3 is 2.43 bits per heavy atom. The molecule has 0 radical (unpaired) electrons. The van der Waals surface area contributed by atoms with Gasteiger partial charge in [0.05, 0.1) is 28.5 Å². The molecule has 3 aliphatic rings. The second-order valence-corrected chi connectivity index (χ2v) is 12.5. The van der Waals surface area contributed by atoms with Crippen molar-refractivity contribution < 1.29 is 27.4 Å². The fraction of sp³-hybridized carbons (Fsp3) is 0.621. The van der Waals surface area contributed by atoms with Crippen LogP contribution in [0.3, 0.4) is 0 Å². The van der Waals surface area contributed by atoms with E-state index in [0.29, 0.717) is 57.3 Å². The van der Waals surface area contributed by atoms with Crippen molar-refractivity contribution in [2.45, 2.75) is 64.4 Å². The number of halogens is 4. The van der Waals surface area contributed by atoms with Crippen LogP contribution >= 0.6 is 11.6 Å². The van der Waals surface area contributed by atoms with E-state index in [4.69, 9.17) is 31.0 Å². The van der Waals surface area contributed by atoms with Crippen LogP contribution in [0.15, 0.2) is 18.2 Å². The minimum absolute atomic E-state index is 0.0295. The number of likely N-dealkylation sites (tertiary alicyclic amines) is 1. The van der Waals surface area contributed by atoms with Gasteiger partial charge in [-0.25, -0.2) is 4.79 Å². The Kier molecular flexibility index (Phi) is 8.67. The van der Waals surface area contributed by atoms with Crippen molar-refractivity contribution in [2.75, 3.05) is 62.7 Å². The molecular formula is C29H38ClF3N6O3. The highest BCUT2D eigenvalue weighted by molar-refractivity contribution is 6.31. The van der Waals surface area contributed by atoms with Crippen LogP contribution < -0.4 is 14.5 Å². The fourth-order valence-electron chi connectivity index (χ4n) is 5.77. The number of likely N-dealkylation sites (N-methyl/N-ethyl adjacent to an activating group) is 1. The highest BCUT2D eigenvalue weighted by Gasteiger charge is 2.39. The third-order valence-corrected chi connectivity index (χ3v) is 8.26. The quantitative estimate of drug-likeness (QED) is 0.455. The molecule has 0 aliphatic carbocycles. The van der Waals surface area contributed by atoms with Gasteiger partial charge in [0, 0.05) is 44.3 Å². The smallest absolute Gasteiger partial charge is 0.419 e. The molecule has 0 bridgehead atoms. The van der Waals surface area contributed by atoms with Crippen molar-refractivity contribution in [1.82, 2.24) is 19.8 Å². The number of hydrogen-bond donors (Lipinski definition) is 0. The summed E-state index contributed by atoms with van der Waals surface area (Å²) in [6.07, 6.45) is -2.39. The van der Waals surface area contributed by atoms with E-state index in [1.807, 2.05) is 20.8 Å². The predicted molar refractivity (Wildman–Crippen MR) is 154 cm³/mol. The summed E-state index contributed by atoms with van der Waals surface area (Å²) in [5.74, 6) is 0.709. The van der Waals surface area contributed by atoms with Crippen LogP contribution in [0, 0.1) is 0 Å². The normalized spacial score (nSPS) is 20.1. The summed E-state index contributed by atoms with van der Waals surface area (Å²) in [5.41, 5.74) is 0.118. The monoisotopic (exact) mass is 610 g/mol. The summed E-state index contributed by atoms with van der Waals surface area (Å²) in [5, 5.41) is -0.332. The Bertz CT molecular complexity index is 1300. The SMILES string of the molecule is CN1CCC[C@H]1COc1nc2c(c(N3CCN(C(=O)OC(C)(C)C)CC3)n1)CCN(c1cccc(Cl)c1C(F)(F)F)C2. The lowest BCUT2D eigenvalue weighted by Gasteiger charge is -2.38. The van der Waals surface area contributed by atoms with Crippen LogP contribution in [0.4, 0.5) is 29.5 Å². The van der Waals surface area contributed by atoms with Gasteiger partial charge in [0.15, 0.2) is 0 Å². The molecule has 4 heterocycles. The number of amides is 1. The van der Waals surface area contributed by atoms with E-state index in [1.54, 1.807) is 9.80 Å². The zero-order chi connectivity index (χ0) is 30.2. The first-order valence-electron chi connectivity index (χ1n) is 14.4. The zero-order valence-electron chi connectivity index (χ0n) is 24.5. The lowest BCUT2D eigenvalue weighted by Crippen LogP contribution is -2.50. The summed E-state index contributed by atoms with van der Waals surface area (Å²) >= 11 is 6.03. The third kappa shape index (κ3) is 6.80. The molecule has 2 fully saturated rings. The number of carbonyl (C=O) groups is 1. The van der Waals surface area contributed by atoms with Crippen molar-refractivity contribution in [3.63, 3.8) is 0 Å². The van der Waals surface area contributed by atoms with E-state index < -0.39 is 17.3 Å². The van der Waals surface area contributed by atoms with Crippen molar-refractivity contribution in [3.8, 4) is 6.01 Å². The number of aromatic nitrogens is 2. The summed E-state index contributed by atoms with van der Waals surface area (Å²) in [6, 6.07) is 4.70. The van der Waals surface area contributed by atoms with Gasteiger partial charge in [-0.05, 0) is 65.8 Å². The van der Waals surface area contributed by atoms with E-state index in [0.717, 1.165) is 24.9 Å². The summed E-state index contributed by atoms with van der Waals surface area (Å²) in [7, 11) is 2.06. The predicted octanol–water partition coefficient (Wildman–Crippen LogP) is 5.24. The van der Waals surface area contributed by atoms with Gasteiger partial charge in [-0.2, -0.15) is 23.1 Å². The largest absolute Gasteiger partial charge is 0.462 e. The first kappa shape index (κ1) is 30.5. The first-order chi connectivity index (χ1) is 19.8. The molecule has 5 rings (SSSR count). The van der Waals surface area contributed by atoms with Gasteiger partial charge in [-0.3, -0.25) is 0 Å². The van der Waals surface area contributed by atoms with Gasteiger partial charge in [0.2, 0.25) is 0 Å². The Labute approximate surface area is 249 Å². The van der Waals surface area contributed by atoms with Crippen LogP contribution in [-0.4, -0.2) is 90.4 Å². The molecule has 0 unspecified atom stereocenters. The van der Waals surface area contributed by atoms with Gasteiger partial charge in [0.25, 0.3) is 0 Å². The van der Waals surface area contributed by atoms with Gasteiger partial charge >= 0.3 is 18.3 Å². The van der Waals surface area contributed by atoms with E-state index in [9.17, 15) is 18.0 Å². The number of benzene rings is 1. The number of nitrogens with zero attached hydrogens (tertiary/aromatic N) is 6. The number of piperazine rings is 1. The molecule has 230 valence electrons. The van der Waals surface area contributed by atoms with Gasteiger partial charge in [-0.1, -0.05) is 17.7 Å². The van der Waals surface area contributed by atoms with Crippen LogP contribution in [0.2, 0.25) is 5.02 Å². The van der Waals surface area contributed by atoms with Crippen molar-refractivity contribution in [3.05, 3.63) is 40.0 Å². The number of hydrogen-bond acceptors (Lipinski definition) is 8. The number of fused-ring (bicyclic) bond motifs is 1. The number of ether oxygens (including phenoxy) is 2. The number of rotatable bonds is 5. The van der Waals surface area contributed by atoms with Crippen LogP contribution in [0.5, 0.6) is 6.01 Å². The van der Waals surface area contributed by atoms with Gasteiger partial charge < -0.3 is 29.1 Å². The van der Waals surface area contributed by atoms with Crippen molar-refractivity contribution >= 4 is 29.2 Å². The Hall–Kier alpha value is -2.99. The molecule has 0 saturated carbocycles. The molecule has 3 aliphatic heterocycles. The lowest BCUT2D eigenvalue weighted by molar-refractivity contribution is -0.137. The average molecular weight is 611 g/mol. The van der Waals surface area contributed by atoms with E-state index in [2.05, 4.69) is 16.8 Å². The molecule has 2 aromatic rings. The molecule has 0 N–H and O–H groups in total. The average Bonchev–Trinajstić information content (AvgIpc) is 3.33. The highest BCUT2D eigenvalue weighted by atomic mass is 35.5. The molecule has 1 aromatic heterocycles. The van der Waals surface area contributed by atoms with E-state index in [-0.39, 0.29) is 35.4 Å². The molecule has 9 nitrogen and oxygen atoms in total. The molecule has 1 atom stereocenters. The maximum absolute atomic E-state index is 14.0. The first-order valence-corrected chi connectivity index (χ1v) is 14.7. The van der Waals surface area contributed by atoms with Crippen molar-refractivity contribution in [1.29, 1.82) is 0 Å². The number of alkyl halides is 3. The van der Waals surface area contributed by atoms with Gasteiger partial charge in [0.1, 0.15) is 18.0 Å². The second-order valence-electron chi connectivity index (χ2n) is 12.1. The van der Waals surface area contributed by atoms with Crippen LogP contribution in [0.1, 0.15) is 50.4 Å². The molecule has 1 aromatic carbocycles. The molecule has 42 heavy (non-hydrogen) atoms. The summed E-state index contributed by atoms with van der Waals surface area (Å²) in [6.45, 7) is 9.42. The number of carbonyl (C=O) groups excluding carboxylic acids is 1. The molecule has 1 amide bonds. The Morgan fingerprint density at radius 2 is 1.79 bits per heavy atom. The minimum Gasteiger partial charge on any atom is -0.462 e. The summed E-state index contributed by atoms with van der Waals surface area (Å²) < 4.78 is 53.6. The maximum atomic E-state index is 14.0. The number of anilines is 2. The van der Waals surface area contributed by atoms with E-state index >= 15 is 0 Å². The highest BCUT2D eigenvalue weighted by Crippen LogP contribution is 2.43. The maximum Gasteiger partial charge on any atom is 0.419 e.